The zero-order valence-electron chi connectivity index (χ0n) is 35.7. The zero-order chi connectivity index (χ0) is 45.9. The number of imide groups is 1. The number of hydrogen-bond acceptors (Lipinski definition) is 11. The van der Waals surface area contributed by atoms with Gasteiger partial charge in [0, 0.05) is 75.9 Å². The van der Waals surface area contributed by atoms with Crippen molar-refractivity contribution in [2.45, 2.75) is 56.8 Å². The summed E-state index contributed by atoms with van der Waals surface area (Å²) in [7, 11) is -4.24. The molecule has 340 valence electrons. The number of amides is 3. The highest BCUT2D eigenvalue weighted by molar-refractivity contribution is 7.90. The number of anilines is 2. The first kappa shape index (κ1) is 43.2. The summed E-state index contributed by atoms with van der Waals surface area (Å²) in [4.78, 5) is 61.9. The Morgan fingerprint density at radius 2 is 1.67 bits per heavy atom. The summed E-state index contributed by atoms with van der Waals surface area (Å²) < 4.78 is 65.1. The van der Waals surface area contributed by atoms with Crippen molar-refractivity contribution < 1.29 is 36.3 Å². The van der Waals surface area contributed by atoms with E-state index in [0.717, 1.165) is 73.3 Å². The molecule has 0 saturated carbocycles. The number of halogens is 2. The number of carbonyl (C=O) groups is 3. The Hall–Kier alpha value is -6.75. The second-order valence-corrected chi connectivity index (χ2v) is 19.3. The fourth-order valence-corrected chi connectivity index (χ4v) is 11.1. The minimum atomic E-state index is -4.24. The summed E-state index contributed by atoms with van der Waals surface area (Å²) in [6.07, 6.45) is 2.82. The summed E-state index contributed by atoms with van der Waals surface area (Å²) >= 11 is 0. The highest BCUT2D eigenvalue weighted by Crippen LogP contribution is 2.37. The molecule has 0 unspecified atom stereocenters. The Morgan fingerprint density at radius 3 is 2.39 bits per heavy atom. The number of nitriles is 1. The van der Waals surface area contributed by atoms with Crippen molar-refractivity contribution in [2.75, 3.05) is 55.4 Å². The van der Waals surface area contributed by atoms with Crippen LogP contribution in [0.2, 0.25) is 0 Å². The monoisotopic (exact) mass is 917 g/mol. The van der Waals surface area contributed by atoms with E-state index in [2.05, 4.69) is 30.9 Å². The smallest absolute Gasteiger partial charge is 0.301 e. The first-order valence-electron chi connectivity index (χ1n) is 22.0. The molecule has 4 saturated heterocycles. The lowest BCUT2D eigenvalue weighted by Gasteiger charge is -2.43. The van der Waals surface area contributed by atoms with Gasteiger partial charge in [0.25, 0.3) is 11.5 Å². The van der Waals surface area contributed by atoms with Gasteiger partial charge in [0.15, 0.2) is 11.6 Å². The van der Waals surface area contributed by atoms with Gasteiger partial charge in [-0.15, -0.1) is 0 Å². The average Bonchev–Trinajstić information content (AvgIpc) is 3.89. The zero-order valence-corrected chi connectivity index (χ0v) is 36.5. The number of nitrogens with one attached hydrogen (secondary N) is 2. The minimum absolute atomic E-state index is 0.0152. The van der Waals surface area contributed by atoms with Crippen molar-refractivity contribution in [1.82, 2.24) is 29.0 Å². The highest BCUT2D eigenvalue weighted by atomic mass is 32.2. The average molecular weight is 918 g/mol. The largest absolute Gasteiger partial charge is 0.453 e. The molecule has 16 nitrogen and oxygen atoms in total. The molecule has 10 rings (SSSR count). The Bertz CT molecular complexity index is 3000. The maximum atomic E-state index is 15.2. The number of aromatic nitrogens is 2. The van der Waals surface area contributed by atoms with E-state index in [-0.39, 0.29) is 54.6 Å². The van der Waals surface area contributed by atoms with Crippen molar-refractivity contribution in [3.63, 3.8) is 0 Å². The number of benzene rings is 4. The van der Waals surface area contributed by atoms with Crippen LogP contribution in [0.3, 0.4) is 0 Å². The van der Waals surface area contributed by atoms with E-state index >= 15 is 4.39 Å². The molecule has 0 spiro atoms. The van der Waals surface area contributed by atoms with E-state index in [1.54, 1.807) is 11.0 Å². The molecule has 66 heavy (non-hydrogen) atoms. The summed E-state index contributed by atoms with van der Waals surface area (Å²) in [5, 5.41) is 12.5. The standard InChI is InChI=1S/C47H45F2N9O7S/c48-32-15-18-56(26-32)66(63,64)53-41-10-8-39(49)44(38(41)21-50)65-35-6-9-40-37(20-35)47(62)58(27-51-40)34-4-2-33(3-5-34)55-16-13-28(14-17-55)22-54-23-31(24-54)29-1-7-36-30(19-29)25-57(46(36)61)42-11-12-43(59)52-45(42)60/h1-10,19-20,27-28,31-32,42,53H,11-18,22-26H2,(H,52,59,60)/t32-,42+/m1/s1. The van der Waals surface area contributed by atoms with Crippen LogP contribution in [0.15, 0.2) is 83.9 Å². The number of carbonyl (C=O) groups excluding carboxylic acids is 3. The third-order valence-electron chi connectivity index (χ3n) is 13.4. The maximum absolute atomic E-state index is 15.2. The van der Waals surface area contributed by atoms with Crippen molar-refractivity contribution in [1.29, 1.82) is 5.26 Å². The molecule has 5 aromatic rings. The Kier molecular flexibility index (Phi) is 11.3. The molecule has 0 radical (unpaired) electrons. The van der Waals surface area contributed by atoms with E-state index in [0.29, 0.717) is 41.6 Å². The van der Waals surface area contributed by atoms with Crippen LogP contribution in [-0.4, -0.2) is 108 Å². The van der Waals surface area contributed by atoms with Crippen LogP contribution < -0.4 is 25.2 Å². The van der Waals surface area contributed by atoms with Crippen LogP contribution in [0, 0.1) is 23.1 Å². The van der Waals surface area contributed by atoms with Crippen molar-refractivity contribution in [2.24, 2.45) is 5.92 Å². The predicted molar refractivity (Wildman–Crippen MR) is 239 cm³/mol. The summed E-state index contributed by atoms with van der Waals surface area (Å²) in [5.74, 6) is -1.39. The van der Waals surface area contributed by atoms with Crippen molar-refractivity contribution in [3.8, 4) is 23.3 Å². The van der Waals surface area contributed by atoms with Gasteiger partial charge in [-0.3, -0.25) is 33.8 Å². The van der Waals surface area contributed by atoms with Gasteiger partial charge < -0.3 is 19.4 Å². The SMILES string of the molecule is N#Cc1c(NS(=O)(=O)N2CC[C@@H](F)C2)ccc(F)c1Oc1ccc2ncn(-c3ccc(N4CCC(CN5CC(c6ccc7c(c6)CN([C@H]6CCC(=O)NC6=O)C7=O)C5)CC4)cc3)c(=O)c2c1. The van der Waals surface area contributed by atoms with Crippen molar-refractivity contribution in [3.05, 3.63) is 118 Å². The second kappa shape index (κ2) is 17.2. The lowest BCUT2D eigenvalue weighted by Crippen LogP contribution is -2.52. The molecule has 1 aromatic heterocycles. The molecule has 0 bridgehead atoms. The molecule has 6 heterocycles. The number of nitrogens with zero attached hydrogens (tertiary/aromatic N) is 7. The van der Waals surface area contributed by atoms with Gasteiger partial charge in [-0.05, 0) is 103 Å². The van der Waals surface area contributed by atoms with Gasteiger partial charge in [-0.2, -0.15) is 18.0 Å². The van der Waals surface area contributed by atoms with E-state index in [1.807, 2.05) is 36.4 Å². The molecule has 2 N–H and O–H groups in total. The molecular weight excluding hydrogens is 873 g/mol. The molecule has 19 heteroatoms. The first-order chi connectivity index (χ1) is 31.8. The molecule has 5 aliphatic heterocycles. The number of rotatable bonds is 11. The quantitative estimate of drug-likeness (QED) is 0.170. The van der Waals surface area contributed by atoms with E-state index in [4.69, 9.17) is 4.74 Å². The number of piperidine rings is 2. The third kappa shape index (κ3) is 8.24. The minimum Gasteiger partial charge on any atom is -0.453 e. The van der Waals surface area contributed by atoms with E-state index in [9.17, 15) is 37.2 Å². The molecule has 5 aliphatic rings. The second-order valence-electron chi connectivity index (χ2n) is 17.6. The van der Waals surface area contributed by atoms with Crippen LogP contribution in [0.1, 0.15) is 65.1 Å². The Balaban J connectivity index is 0.742. The molecule has 0 aliphatic carbocycles. The van der Waals surface area contributed by atoms with Gasteiger partial charge >= 0.3 is 10.2 Å². The lowest BCUT2D eigenvalue weighted by atomic mass is 9.87. The van der Waals surface area contributed by atoms with Gasteiger partial charge in [0.05, 0.1) is 22.3 Å². The van der Waals surface area contributed by atoms with Crippen LogP contribution in [0.5, 0.6) is 11.5 Å². The maximum Gasteiger partial charge on any atom is 0.301 e. The normalized spacial score (nSPS) is 20.9. The number of likely N-dealkylation sites (tertiary alicyclic amines) is 1. The Morgan fingerprint density at radius 1 is 0.894 bits per heavy atom. The fourth-order valence-electron chi connectivity index (χ4n) is 9.77. The number of fused-ring (bicyclic) bond motifs is 2. The number of alkyl halides is 1. The highest BCUT2D eigenvalue weighted by Gasteiger charge is 2.40. The predicted octanol–water partition coefficient (Wildman–Crippen LogP) is 4.97. The molecular formula is C47H45F2N9O7S. The van der Waals surface area contributed by atoms with Gasteiger partial charge in [0.2, 0.25) is 11.8 Å². The van der Waals surface area contributed by atoms with E-state index in [1.165, 1.54) is 34.7 Å². The van der Waals surface area contributed by atoms with Gasteiger partial charge in [0.1, 0.15) is 35.9 Å². The summed E-state index contributed by atoms with van der Waals surface area (Å²) in [5.41, 5.74) is 3.67. The fraction of sp³-hybridized carbons (Fsp3) is 0.362. The number of hydrogen-bond donors (Lipinski definition) is 2. The summed E-state index contributed by atoms with van der Waals surface area (Å²) in [6.45, 7) is 4.71. The number of ether oxygens (including phenoxy) is 1. The Labute approximate surface area is 378 Å². The molecule has 4 fully saturated rings. The third-order valence-corrected chi connectivity index (χ3v) is 14.9. The summed E-state index contributed by atoms with van der Waals surface area (Å²) in [6, 6.07) is 21.3. The van der Waals surface area contributed by atoms with Crippen LogP contribution in [-0.2, 0) is 26.3 Å². The topological polar surface area (TPSA) is 190 Å². The molecule has 4 aromatic carbocycles. The van der Waals surface area contributed by atoms with Gasteiger partial charge in [-0.25, -0.2) is 13.8 Å². The molecule has 2 atom stereocenters. The lowest BCUT2D eigenvalue weighted by molar-refractivity contribution is -0.136. The van der Waals surface area contributed by atoms with Crippen LogP contribution in [0.4, 0.5) is 20.2 Å². The molecule has 3 amide bonds. The van der Waals surface area contributed by atoms with E-state index < -0.39 is 51.0 Å². The van der Waals surface area contributed by atoms with Crippen LogP contribution >= 0.6 is 0 Å². The van der Waals surface area contributed by atoms with Crippen molar-refractivity contribution >= 4 is 50.2 Å². The first-order valence-corrected chi connectivity index (χ1v) is 23.4. The van der Waals surface area contributed by atoms with Gasteiger partial charge in [-0.1, -0.05) is 12.1 Å². The van der Waals surface area contributed by atoms with Crippen LogP contribution in [0.25, 0.3) is 16.6 Å².